The van der Waals surface area contributed by atoms with Crippen molar-refractivity contribution in [1.29, 1.82) is 0 Å². The topological polar surface area (TPSA) is 99.6 Å². The molecular weight excluding hydrogens is 535 g/mol. The summed E-state index contributed by atoms with van der Waals surface area (Å²) in [6.45, 7) is 5.96. The van der Waals surface area contributed by atoms with E-state index in [0.717, 1.165) is 6.07 Å². The molecule has 0 aliphatic rings. The molecule has 210 valence electrons. The predicted molar refractivity (Wildman–Crippen MR) is 145 cm³/mol. The fourth-order valence-electron chi connectivity index (χ4n) is 3.43. The Balaban J connectivity index is 1.81. The van der Waals surface area contributed by atoms with Crippen molar-refractivity contribution in [2.24, 2.45) is 0 Å². The van der Waals surface area contributed by atoms with Crippen molar-refractivity contribution in [3.63, 3.8) is 0 Å². The largest absolute Gasteiger partial charge is 0.444 e. The van der Waals surface area contributed by atoms with Gasteiger partial charge in [-0.2, -0.15) is 18.2 Å². The SMILES string of the molecule is CN(CCNc1nc(NC[C@H](O)c2ccccc2)cc(-c2ccc(C(F)(F)F)c(Cl)c2)n1)C(=O)OC(C)(C)C. The van der Waals surface area contributed by atoms with Crippen LogP contribution in [-0.4, -0.2) is 58.4 Å². The van der Waals surface area contributed by atoms with Crippen LogP contribution in [0.2, 0.25) is 5.02 Å². The Morgan fingerprint density at radius 2 is 1.77 bits per heavy atom. The predicted octanol–water partition coefficient (Wildman–Crippen LogP) is 6.24. The standard InChI is InChI=1S/C27H31ClF3N5O3/c1-26(2,3)39-25(38)36(4)13-12-32-24-34-21(18-10-11-19(20(28)14-18)27(29,30)31)15-23(35-24)33-16-22(37)17-8-6-5-7-9-17/h5-11,14-15,22,37H,12-13,16H2,1-4H3,(H2,32,33,34,35)/t22-/m0/s1. The Hall–Kier alpha value is -3.57. The van der Waals surface area contributed by atoms with Crippen molar-refractivity contribution < 1.29 is 27.8 Å². The highest BCUT2D eigenvalue weighted by atomic mass is 35.5. The van der Waals surface area contributed by atoms with E-state index in [9.17, 15) is 23.1 Å². The van der Waals surface area contributed by atoms with Crippen molar-refractivity contribution in [2.45, 2.75) is 38.7 Å². The van der Waals surface area contributed by atoms with Gasteiger partial charge in [-0.05, 0) is 38.5 Å². The van der Waals surface area contributed by atoms with Crippen LogP contribution in [-0.2, 0) is 10.9 Å². The highest BCUT2D eigenvalue weighted by Crippen LogP contribution is 2.37. The molecule has 3 rings (SSSR count). The first-order chi connectivity index (χ1) is 18.2. The molecule has 39 heavy (non-hydrogen) atoms. The number of ether oxygens (including phenoxy) is 1. The summed E-state index contributed by atoms with van der Waals surface area (Å²) in [6.07, 6.45) is -5.91. The van der Waals surface area contributed by atoms with Gasteiger partial charge in [-0.3, -0.25) is 0 Å². The van der Waals surface area contributed by atoms with Crippen molar-refractivity contribution in [3.05, 3.63) is 70.7 Å². The molecule has 0 radical (unpaired) electrons. The maximum atomic E-state index is 13.2. The number of likely N-dealkylation sites (N-methyl/N-ethyl adjacent to an activating group) is 1. The van der Waals surface area contributed by atoms with Crippen molar-refractivity contribution >= 4 is 29.5 Å². The Morgan fingerprint density at radius 3 is 2.38 bits per heavy atom. The van der Waals surface area contributed by atoms with E-state index in [4.69, 9.17) is 16.3 Å². The van der Waals surface area contributed by atoms with Crippen LogP contribution < -0.4 is 10.6 Å². The number of hydrogen-bond donors (Lipinski definition) is 3. The smallest absolute Gasteiger partial charge is 0.417 e. The summed E-state index contributed by atoms with van der Waals surface area (Å²) in [4.78, 5) is 22.4. The molecule has 0 bridgehead atoms. The second-order valence-electron chi connectivity index (χ2n) is 9.79. The van der Waals surface area contributed by atoms with E-state index >= 15 is 0 Å². The molecule has 1 atom stereocenters. The Kier molecular flexibility index (Phi) is 9.63. The van der Waals surface area contributed by atoms with Crippen molar-refractivity contribution in [3.8, 4) is 11.3 Å². The summed E-state index contributed by atoms with van der Waals surface area (Å²) >= 11 is 5.93. The van der Waals surface area contributed by atoms with E-state index < -0.39 is 34.6 Å². The zero-order valence-electron chi connectivity index (χ0n) is 22.0. The number of carbonyl (C=O) groups excluding carboxylic acids is 1. The number of aliphatic hydroxyl groups excluding tert-OH is 1. The molecule has 0 aliphatic heterocycles. The van der Waals surface area contributed by atoms with Crippen LogP contribution >= 0.6 is 11.6 Å². The number of rotatable bonds is 9. The molecule has 8 nitrogen and oxygen atoms in total. The first-order valence-electron chi connectivity index (χ1n) is 12.1. The number of benzene rings is 2. The van der Waals surface area contributed by atoms with Crippen LogP contribution in [0.4, 0.5) is 29.7 Å². The summed E-state index contributed by atoms with van der Waals surface area (Å²) in [5.74, 6) is 0.492. The Bertz CT molecular complexity index is 1270. The third-order valence-corrected chi connectivity index (χ3v) is 5.71. The second kappa shape index (κ2) is 12.5. The van der Waals surface area contributed by atoms with Gasteiger partial charge >= 0.3 is 12.3 Å². The molecule has 0 aliphatic carbocycles. The number of halogens is 4. The summed E-state index contributed by atoms with van der Waals surface area (Å²) in [5, 5.41) is 16.1. The second-order valence-corrected chi connectivity index (χ2v) is 10.2. The number of amides is 1. The average molecular weight is 566 g/mol. The fraction of sp³-hybridized carbons (Fsp3) is 0.370. The Labute approximate surface area is 230 Å². The van der Waals surface area contributed by atoms with E-state index in [-0.39, 0.29) is 25.6 Å². The van der Waals surface area contributed by atoms with Crippen LogP contribution in [0.3, 0.4) is 0 Å². The minimum absolute atomic E-state index is 0.120. The van der Waals surface area contributed by atoms with Gasteiger partial charge < -0.3 is 25.4 Å². The van der Waals surface area contributed by atoms with E-state index in [1.807, 2.05) is 18.2 Å². The van der Waals surface area contributed by atoms with Gasteiger partial charge in [0.25, 0.3) is 0 Å². The minimum atomic E-state index is -4.59. The molecule has 2 aromatic carbocycles. The molecule has 1 heterocycles. The summed E-state index contributed by atoms with van der Waals surface area (Å²) in [5.41, 5.74) is -0.229. The van der Waals surface area contributed by atoms with Crippen molar-refractivity contribution in [1.82, 2.24) is 14.9 Å². The zero-order valence-corrected chi connectivity index (χ0v) is 22.8. The molecule has 0 unspecified atom stereocenters. The molecule has 1 aromatic heterocycles. The van der Waals surface area contributed by atoms with Gasteiger partial charge in [0.1, 0.15) is 11.4 Å². The van der Waals surface area contributed by atoms with Crippen molar-refractivity contribution in [2.75, 3.05) is 37.3 Å². The molecule has 0 saturated carbocycles. The van der Waals surface area contributed by atoms with Crippen LogP contribution in [0.15, 0.2) is 54.6 Å². The number of nitrogens with one attached hydrogen (secondary N) is 2. The van der Waals surface area contributed by atoms with Crippen LogP contribution in [0, 0.1) is 0 Å². The average Bonchev–Trinajstić information content (AvgIpc) is 2.85. The number of nitrogens with zero attached hydrogens (tertiary/aromatic N) is 3. The molecule has 0 spiro atoms. The van der Waals surface area contributed by atoms with Gasteiger partial charge in [-0.25, -0.2) is 9.78 Å². The molecule has 12 heteroatoms. The maximum absolute atomic E-state index is 13.2. The lowest BCUT2D eigenvalue weighted by Crippen LogP contribution is -2.36. The molecule has 1 amide bonds. The van der Waals surface area contributed by atoms with Gasteiger partial charge in [0.2, 0.25) is 5.95 Å². The summed E-state index contributed by atoms with van der Waals surface area (Å²) in [6, 6.07) is 14.0. The first kappa shape index (κ1) is 30.0. The highest BCUT2D eigenvalue weighted by Gasteiger charge is 2.33. The van der Waals surface area contributed by atoms with Crippen LogP contribution in [0.1, 0.15) is 38.0 Å². The van der Waals surface area contributed by atoms with E-state index in [1.54, 1.807) is 46.0 Å². The normalized spacial score (nSPS) is 12.5. The quantitative estimate of drug-likeness (QED) is 0.282. The Morgan fingerprint density at radius 1 is 1.08 bits per heavy atom. The monoisotopic (exact) mass is 565 g/mol. The first-order valence-corrected chi connectivity index (χ1v) is 12.5. The summed E-state index contributed by atoms with van der Waals surface area (Å²) in [7, 11) is 1.59. The molecule has 3 N–H and O–H groups in total. The fourth-order valence-corrected chi connectivity index (χ4v) is 3.72. The number of aromatic nitrogens is 2. The maximum Gasteiger partial charge on any atom is 0.417 e. The highest BCUT2D eigenvalue weighted by molar-refractivity contribution is 6.31. The van der Waals surface area contributed by atoms with E-state index in [0.29, 0.717) is 22.6 Å². The van der Waals surface area contributed by atoms with Gasteiger partial charge in [-0.1, -0.05) is 48.0 Å². The lowest BCUT2D eigenvalue weighted by Gasteiger charge is -2.24. The van der Waals surface area contributed by atoms with Crippen LogP contribution in [0.5, 0.6) is 0 Å². The van der Waals surface area contributed by atoms with Gasteiger partial charge in [0.15, 0.2) is 0 Å². The van der Waals surface area contributed by atoms with Gasteiger partial charge in [-0.15, -0.1) is 0 Å². The number of carbonyl (C=O) groups is 1. The van der Waals surface area contributed by atoms with Gasteiger partial charge in [0, 0.05) is 38.3 Å². The lowest BCUT2D eigenvalue weighted by atomic mass is 10.1. The number of aliphatic hydroxyl groups is 1. The summed E-state index contributed by atoms with van der Waals surface area (Å²) < 4.78 is 44.9. The zero-order chi connectivity index (χ0) is 28.8. The molecular formula is C27H31ClF3N5O3. The molecule has 0 saturated heterocycles. The third-order valence-electron chi connectivity index (χ3n) is 5.39. The molecule has 0 fully saturated rings. The number of hydrogen-bond acceptors (Lipinski definition) is 7. The molecule has 3 aromatic rings. The van der Waals surface area contributed by atoms with E-state index in [1.165, 1.54) is 17.0 Å². The minimum Gasteiger partial charge on any atom is -0.444 e. The lowest BCUT2D eigenvalue weighted by molar-refractivity contribution is -0.137. The number of anilines is 2. The van der Waals surface area contributed by atoms with Crippen LogP contribution in [0.25, 0.3) is 11.3 Å². The number of alkyl halides is 3. The van der Waals surface area contributed by atoms with E-state index in [2.05, 4.69) is 20.6 Å². The van der Waals surface area contributed by atoms with Gasteiger partial charge in [0.05, 0.1) is 22.4 Å². The third kappa shape index (κ3) is 9.00.